The van der Waals surface area contributed by atoms with Gasteiger partial charge in [-0.05, 0) is 28.1 Å². The highest BCUT2D eigenvalue weighted by molar-refractivity contribution is 5.74. The maximum atomic E-state index is 10.1. The number of hydrogen-bond donors (Lipinski definition) is 2. The highest BCUT2D eigenvalue weighted by Gasteiger charge is 1.85. The van der Waals surface area contributed by atoms with E-state index in [1.165, 1.54) is 5.56 Å². The normalized spacial score (nSPS) is 8.22. The Kier molecular flexibility index (Phi) is 16.2. The van der Waals surface area contributed by atoms with Crippen molar-refractivity contribution in [2.24, 2.45) is 0 Å². The molecule has 1 aromatic rings. The number of rotatable bonds is 4. The summed E-state index contributed by atoms with van der Waals surface area (Å²) >= 11 is 0. The molecule has 0 radical (unpaired) electrons. The van der Waals surface area contributed by atoms with E-state index in [9.17, 15) is 9.59 Å². The number of carbonyl (C=O) groups excluding carboxylic acids is 2. The van der Waals surface area contributed by atoms with Gasteiger partial charge in [-0.15, -0.1) is 0 Å². The molecule has 0 spiro atoms. The minimum absolute atomic E-state index is 0.622. The van der Waals surface area contributed by atoms with E-state index in [1.54, 1.807) is 0 Å². The van der Waals surface area contributed by atoms with Crippen molar-refractivity contribution in [2.75, 3.05) is 27.7 Å². The topological polar surface area (TPSA) is 58.2 Å². The van der Waals surface area contributed by atoms with Crippen LogP contribution >= 0.6 is 0 Å². The van der Waals surface area contributed by atoms with Crippen LogP contribution in [0.4, 0.5) is 0 Å². The number of nitrogens with one attached hydrogen (secondary N) is 2. The van der Waals surface area contributed by atoms with Crippen molar-refractivity contribution in [1.82, 2.24) is 10.6 Å². The van der Waals surface area contributed by atoms with Crippen LogP contribution in [0.15, 0.2) is 24.3 Å². The fourth-order valence-corrected chi connectivity index (χ4v) is 0.848. The van der Waals surface area contributed by atoms with Gasteiger partial charge in [-0.1, -0.05) is 29.8 Å². The zero-order valence-electron chi connectivity index (χ0n) is 11.7. The van der Waals surface area contributed by atoms with Crippen LogP contribution < -0.4 is 10.6 Å². The molecule has 1 rings (SSSR count). The van der Waals surface area contributed by atoms with Gasteiger partial charge in [0, 0.05) is 18.5 Å². The maximum absolute atomic E-state index is 10.1. The second-order valence-electron chi connectivity index (χ2n) is 3.59. The molecule has 0 saturated carbocycles. The predicted octanol–water partition coefficient (Wildman–Crippen LogP) is 1.44. The van der Waals surface area contributed by atoms with E-state index in [-0.39, 0.29) is 0 Å². The van der Waals surface area contributed by atoms with Gasteiger partial charge in [0.15, 0.2) is 0 Å². The molecule has 1 aromatic carbocycles. The number of hydrogen-bond acceptors (Lipinski definition) is 4. The summed E-state index contributed by atoms with van der Waals surface area (Å²) in [6.07, 6.45) is 2.37. The monoisotopic (exact) mass is 252 g/mol. The van der Waals surface area contributed by atoms with Crippen LogP contribution in [0.2, 0.25) is 0 Å². The Morgan fingerprint density at radius 1 is 1.06 bits per heavy atom. The average molecular weight is 252 g/mol. The van der Waals surface area contributed by atoms with Crippen molar-refractivity contribution in [3.05, 3.63) is 35.4 Å². The Balaban J connectivity index is 0. The molecule has 0 aromatic heterocycles. The quantitative estimate of drug-likeness (QED) is 0.629. The van der Waals surface area contributed by atoms with Crippen molar-refractivity contribution in [1.29, 1.82) is 0 Å². The molecule has 0 amide bonds. The number of aryl methyl sites for hydroxylation is 1. The highest BCUT2D eigenvalue weighted by atomic mass is 16.1. The molecule has 2 N–H and O–H groups in total. The molecule has 0 heterocycles. The number of benzene rings is 1. The minimum Gasteiger partial charge on any atom is -0.323 e. The van der Waals surface area contributed by atoms with Crippen LogP contribution in [-0.4, -0.2) is 40.3 Å². The van der Waals surface area contributed by atoms with Gasteiger partial charge in [0.05, 0.1) is 0 Å². The Labute approximate surface area is 110 Å². The van der Waals surface area contributed by atoms with E-state index in [4.69, 9.17) is 0 Å². The van der Waals surface area contributed by atoms with Gasteiger partial charge in [-0.25, -0.2) is 0 Å². The van der Waals surface area contributed by atoms with E-state index in [0.29, 0.717) is 6.42 Å². The van der Waals surface area contributed by atoms with Gasteiger partial charge in [-0.2, -0.15) is 0 Å². The molecule has 0 fully saturated rings. The fourth-order valence-electron chi connectivity index (χ4n) is 0.848. The lowest BCUT2D eigenvalue weighted by Gasteiger charge is -1.89. The molecule has 0 saturated heterocycles. The summed E-state index contributed by atoms with van der Waals surface area (Å²) in [6, 6.07) is 7.46. The van der Waals surface area contributed by atoms with Crippen molar-refractivity contribution in [3.63, 3.8) is 0 Å². The van der Waals surface area contributed by atoms with E-state index < -0.39 is 0 Å². The van der Waals surface area contributed by atoms with Crippen molar-refractivity contribution >= 4 is 12.6 Å². The highest BCUT2D eigenvalue weighted by Crippen LogP contribution is 1.98. The molecule has 0 aliphatic rings. The van der Waals surface area contributed by atoms with Crippen LogP contribution in [0.1, 0.15) is 22.3 Å². The summed E-state index contributed by atoms with van der Waals surface area (Å²) < 4.78 is 0. The minimum atomic E-state index is 0.622. The SMILES string of the molecule is CNC.CNCCC=O.Cc1ccc(C=O)cc1. The van der Waals surface area contributed by atoms with Gasteiger partial charge in [0.1, 0.15) is 12.6 Å². The van der Waals surface area contributed by atoms with E-state index in [0.717, 1.165) is 24.7 Å². The molecular formula is C14H24N2O2. The van der Waals surface area contributed by atoms with E-state index in [1.807, 2.05) is 52.3 Å². The molecule has 0 aliphatic heterocycles. The molecule has 18 heavy (non-hydrogen) atoms. The zero-order valence-corrected chi connectivity index (χ0v) is 11.7. The Morgan fingerprint density at radius 2 is 1.56 bits per heavy atom. The molecule has 0 bridgehead atoms. The standard InChI is InChI=1S/C8H8O.C4H9NO.C2H7N/c1-7-2-4-8(6-9)5-3-7;1-5-3-2-4-6;1-3-2/h2-6H,1H3;4-5H,2-3H2,1H3;3H,1-2H3. The molecular weight excluding hydrogens is 228 g/mol. The third kappa shape index (κ3) is 14.5. The third-order valence-electron chi connectivity index (χ3n) is 1.73. The van der Waals surface area contributed by atoms with Gasteiger partial charge in [0.25, 0.3) is 0 Å². The van der Waals surface area contributed by atoms with Gasteiger partial charge in [0.2, 0.25) is 0 Å². The van der Waals surface area contributed by atoms with Gasteiger partial charge < -0.3 is 15.4 Å². The smallest absolute Gasteiger partial charge is 0.150 e. The Bertz CT molecular complexity index is 297. The third-order valence-corrected chi connectivity index (χ3v) is 1.73. The fraction of sp³-hybridized carbons (Fsp3) is 0.429. The predicted molar refractivity (Wildman–Crippen MR) is 76.2 cm³/mol. The lowest BCUT2D eigenvalue weighted by molar-refractivity contribution is -0.107. The zero-order chi connectivity index (χ0) is 14.2. The first-order chi connectivity index (χ1) is 8.65. The molecule has 0 atom stereocenters. The van der Waals surface area contributed by atoms with Crippen molar-refractivity contribution < 1.29 is 9.59 Å². The molecule has 0 unspecified atom stereocenters. The van der Waals surface area contributed by atoms with Crippen LogP contribution in [0, 0.1) is 6.92 Å². The van der Waals surface area contributed by atoms with Crippen LogP contribution in [0.5, 0.6) is 0 Å². The lowest BCUT2D eigenvalue weighted by atomic mass is 10.2. The summed E-state index contributed by atoms with van der Waals surface area (Å²) in [5.74, 6) is 0. The number of aldehydes is 2. The first kappa shape index (κ1) is 18.8. The summed E-state index contributed by atoms with van der Waals surface area (Å²) in [7, 11) is 5.57. The Morgan fingerprint density at radius 3 is 1.83 bits per heavy atom. The summed E-state index contributed by atoms with van der Waals surface area (Å²) in [4.78, 5) is 19.6. The maximum Gasteiger partial charge on any atom is 0.150 e. The van der Waals surface area contributed by atoms with Crippen LogP contribution in [-0.2, 0) is 4.79 Å². The van der Waals surface area contributed by atoms with E-state index in [2.05, 4.69) is 10.6 Å². The molecule has 102 valence electrons. The summed E-state index contributed by atoms with van der Waals surface area (Å²) in [5, 5.41) is 5.59. The largest absolute Gasteiger partial charge is 0.323 e. The van der Waals surface area contributed by atoms with Crippen LogP contribution in [0.3, 0.4) is 0 Å². The Hall–Kier alpha value is -1.52. The number of carbonyl (C=O) groups is 2. The van der Waals surface area contributed by atoms with Crippen molar-refractivity contribution in [2.45, 2.75) is 13.3 Å². The summed E-state index contributed by atoms with van der Waals surface area (Å²) in [6.45, 7) is 2.79. The first-order valence-corrected chi connectivity index (χ1v) is 5.84. The molecule has 4 nitrogen and oxygen atoms in total. The van der Waals surface area contributed by atoms with E-state index >= 15 is 0 Å². The summed E-state index contributed by atoms with van der Waals surface area (Å²) in [5.41, 5.74) is 1.92. The van der Waals surface area contributed by atoms with Gasteiger partial charge >= 0.3 is 0 Å². The van der Waals surface area contributed by atoms with Crippen molar-refractivity contribution in [3.8, 4) is 0 Å². The van der Waals surface area contributed by atoms with Gasteiger partial charge in [-0.3, -0.25) is 4.79 Å². The van der Waals surface area contributed by atoms with Crippen LogP contribution in [0.25, 0.3) is 0 Å². The first-order valence-electron chi connectivity index (χ1n) is 5.84. The molecule has 4 heteroatoms. The molecule has 0 aliphatic carbocycles. The lowest BCUT2D eigenvalue weighted by Crippen LogP contribution is -2.07. The second kappa shape index (κ2) is 15.5. The second-order valence-corrected chi connectivity index (χ2v) is 3.59. The average Bonchev–Trinajstić information content (AvgIpc) is 2.39.